The lowest BCUT2D eigenvalue weighted by Gasteiger charge is -2.39. The first-order chi connectivity index (χ1) is 14.3. The second-order valence-electron chi connectivity index (χ2n) is 7.08. The second kappa shape index (κ2) is 7.48. The Balaban J connectivity index is 1.25. The quantitative estimate of drug-likeness (QED) is 0.568. The van der Waals surface area contributed by atoms with Gasteiger partial charge in [0.2, 0.25) is 5.88 Å². The third-order valence-electron chi connectivity index (χ3n) is 5.07. The average Bonchev–Trinajstić information content (AvgIpc) is 2.76. The molecule has 0 bridgehead atoms. The van der Waals surface area contributed by atoms with Gasteiger partial charge >= 0.3 is 0 Å². The third kappa shape index (κ3) is 3.62. The molecule has 0 spiro atoms. The highest BCUT2D eigenvalue weighted by molar-refractivity contribution is 5.80. The molecule has 6 heteroatoms. The van der Waals surface area contributed by atoms with Gasteiger partial charge in [0.25, 0.3) is 0 Å². The van der Waals surface area contributed by atoms with Crippen LogP contribution in [0.15, 0.2) is 72.9 Å². The lowest BCUT2D eigenvalue weighted by atomic mass is 10.1. The molecule has 6 nitrogen and oxygen atoms in total. The first kappa shape index (κ1) is 17.6. The maximum atomic E-state index is 9.17. The summed E-state index contributed by atoms with van der Waals surface area (Å²) in [6, 6.07) is 21.6. The van der Waals surface area contributed by atoms with Gasteiger partial charge in [0.1, 0.15) is 11.9 Å². The molecule has 29 heavy (non-hydrogen) atoms. The van der Waals surface area contributed by atoms with Crippen molar-refractivity contribution in [1.29, 1.82) is 0 Å². The number of aliphatic hydroxyl groups is 1. The van der Waals surface area contributed by atoms with E-state index in [4.69, 9.17) is 9.72 Å². The van der Waals surface area contributed by atoms with E-state index in [1.165, 1.54) is 0 Å². The van der Waals surface area contributed by atoms with E-state index in [-0.39, 0.29) is 12.7 Å². The molecule has 0 aliphatic carbocycles. The molecule has 1 N–H and O–H groups in total. The van der Waals surface area contributed by atoms with Crippen LogP contribution in [0.25, 0.3) is 22.3 Å². The molecular weight excluding hydrogens is 364 g/mol. The molecule has 1 saturated heterocycles. The van der Waals surface area contributed by atoms with Crippen molar-refractivity contribution < 1.29 is 9.84 Å². The summed E-state index contributed by atoms with van der Waals surface area (Å²) in [5.74, 6) is 2.15. The monoisotopic (exact) mass is 384 g/mol. The maximum absolute atomic E-state index is 9.17. The lowest BCUT2D eigenvalue weighted by Crippen LogP contribution is -2.54. The Morgan fingerprint density at radius 3 is 2.59 bits per heavy atom. The van der Waals surface area contributed by atoms with Gasteiger partial charge in [0, 0.05) is 23.2 Å². The topological polar surface area (TPSA) is 71.4 Å². The van der Waals surface area contributed by atoms with E-state index in [0.717, 1.165) is 40.9 Å². The summed E-state index contributed by atoms with van der Waals surface area (Å²) in [5.41, 5.74) is 2.75. The number of pyridine rings is 1. The maximum Gasteiger partial charge on any atom is 0.217 e. The van der Waals surface area contributed by atoms with Crippen LogP contribution < -0.4 is 9.64 Å². The minimum Gasteiger partial charge on any atom is -0.470 e. The van der Waals surface area contributed by atoms with E-state index < -0.39 is 0 Å². The van der Waals surface area contributed by atoms with Crippen molar-refractivity contribution in [2.75, 3.05) is 18.0 Å². The third-order valence-corrected chi connectivity index (χ3v) is 5.07. The van der Waals surface area contributed by atoms with Crippen LogP contribution in [0.5, 0.6) is 5.88 Å². The number of nitrogens with zero attached hydrogens (tertiary/aromatic N) is 4. The summed E-state index contributed by atoms with van der Waals surface area (Å²) in [6.45, 7) is 1.57. The van der Waals surface area contributed by atoms with Gasteiger partial charge in [-0.15, -0.1) is 0 Å². The zero-order chi connectivity index (χ0) is 19.6. The highest BCUT2D eigenvalue weighted by Gasteiger charge is 2.30. The van der Waals surface area contributed by atoms with E-state index in [9.17, 15) is 5.11 Å². The second-order valence-corrected chi connectivity index (χ2v) is 7.08. The van der Waals surface area contributed by atoms with Gasteiger partial charge in [-0.3, -0.25) is 0 Å². The van der Waals surface area contributed by atoms with Crippen LogP contribution in [0, 0.1) is 0 Å². The number of hydrogen-bond donors (Lipinski definition) is 1. The molecule has 0 saturated carbocycles. The van der Waals surface area contributed by atoms with Gasteiger partial charge < -0.3 is 14.7 Å². The van der Waals surface area contributed by atoms with Crippen molar-refractivity contribution in [3.05, 3.63) is 78.5 Å². The van der Waals surface area contributed by atoms with Crippen LogP contribution in [0.2, 0.25) is 0 Å². The predicted octanol–water partition coefficient (Wildman–Crippen LogP) is 3.45. The zero-order valence-corrected chi connectivity index (χ0v) is 15.8. The summed E-state index contributed by atoms with van der Waals surface area (Å²) >= 11 is 0. The van der Waals surface area contributed by atoms with Crippen molar-refractivity contribution >= 4 is 16.7 Å². The Labute approximate surface area is 168 Å². The summed E-state index contributed by atoms with van der Waals surface area (Å²) in [4.78, 5) is 15.8. The van der Waals surface area contributed by atoms with E-state index >= 15 is 0 Å². The first-order valence-corrected chi connectivity index (χ1v) is 9.59. The van der Waals surface area contributed by atoms with Crippen molar-refractivity contribution in [2.24, 2.45) is 0 Å². The molecule has 0 amide bonds. The molecule has 2 aromatic heterocycles. The highest BCUT2D eigenvalue weighted by Crippen LogP contribution is 2.25. The van der Waals surface area contributed by atoms with E-state index in [1.807, 2.05) is 42.5 Å². The Morgan fingerprint density at radius 2 is 1.76 bits per heavy atom. The van der Waals surface area contributed by atoms with Crippen LogP contribution >= 0.6 is 0 Å². The summed E-state index contributed by atoms with van der Waals surface area (Å²) in [5, 5.41) is 10.3. The molecule has 1 aliphatic rings. The van der Waals surface area contributed by atoms with Gasteiger partial charge in [0.15, 0.2) is 5.82 Å². The number of aliphatic hydroxyl groups excluding tert-OH is 1. The average molecular weight is 384 g/mol. The Hall–Kier alpha value is -3.51. The molecule has 2 aromatic carbocycles. The van der Waals surface area contributed by atoms with E-state index in [2.05, 4.69) is 33.1 Å². The SMILES string of the molecule is OCc1ccc(-c2nccc(OC3CN(c4ccc5ccccc5n4)C3)n2)cc1. The number of hydrogen-bond acceptors (Lipinski definition) is 6. The zero-order valence-electron chi connectivity index (χ0n) is 15.8. The van der Waals surface area contributed by atoms with Crippen molar-refractivity contribution in [3.8, 4) is 17.3 Å². The largest absolute Gasteiger partial charge is 0.470 e. The number of ether oxygens (including phenoxy) is 1. The minimum atomic E-state index is 0.0224. The van der Waals surface area contributed by atoms with Crippen molar-refractivity contribution in [2.45, 2.75) is 12.7 Å². The number of para-hydroxylation sites is 1. The Kier molecular flexibility index (Phi) is 4.54. The van der Waals surface area contributed by atoms with Crippen molar-refractivity contribution in [1.82, 2.24) is 15.0 Å². The predicted molar refractivity (Wildman–Crippen MR) is 112 cm³/mol. The molecule has 144 valence electrons. The molecule has 1 fully saturated rings. The molecule has 0 atom stereocenters. The number of anilines is 1. The summed E-state index contributed by atoms with van der Waals surface area (Å²) in [7, 11) is 0. The molecule has 4 aromatic rings. The first-order valence-electron chi connectivity index (χ1n) is 9.59. The molecule has 3 heterocycles. The number of benzene rings is 2. The lowest BCUT2D eigenvalue weighted by molar-refractivity contribution is 0.160. The summed E-state index contributed by atoms with van der Waals surface area (Å²) < 4.78 is 6.04. The van der Waals surface area contributed by atoms with E-state index in [0.29, 0.717) is 11.7 Å². The fourth-order valence-corrected chi connectivity index (χ4v) is 3.41. The van der Waals surface area contributed by atoms with Gasteiger partial charge in [0.05, 0.1) is 25.2 Å². The van der Waals surface area contributed by atoms with Crippen LogP contribution in [-0.2, 0) is 6.61 Å². The van der Waals surface area contributed by atoms with Crippen molar-refractivity contribution in [3.63, 3.8) is 0 Å². The molecule has 5 rings (SSSR count). The van der Waals surface area contributed by atoms with Gasteiger partial charge in [-0.1, -0.05) is 42.5 Å². The minimum absolute atomic E-state index is 0.0224. The van der Waals surface area contributed by atoms with Gasteiger partial charge in [-0.05, 0) is 23.8 Å². The highest BCUT2D eigenvalue weighted by atomic mass is 16.5. The van der Waals surface area contributed by atoms with E-state index in [1.54, 1.807) is 12.3 Å². The Bertz CT molecular complexity index is 1140. The Morgan fingerprint density at radius 1 is 0.931 bits per heavy atom. The normalized spacial score (nSPS) is 14.0. The molecule has 1 aliphatic heterocycles. The molecule has 0 radical (unpaired) electrons. The molecule has 0 unspecified atom stereocenters. The smallest absolute Gasteiger partial charge is 0.217 e. The van der Waals surface area contributed by atoms with Crippen LogP contribution in [0.1, 0.15) is 5.56 Å². The number of rotatable bonds is 5. The van der Waals surface area contributed by atoms with Gasteiger partial charge in [-0.2, -0.15) is 4.98 Å². The van der Waals surface area contributed by atoms with Crippen LogP contribution in [-0.4, -0.2) is 39.3 Å². The van der Waals surface area contributed by atoms with Crippen LogP contribution in [0.3, 0.4) is 0 Å². The fraction of sp³-hybridized carbons (Fsp3) is 0.174. The number of aromatic nitrogens is 3. The number of fused-ring (bicyclic) bond motifs is 1. The van der Waals surface area contributed by atoms with Gasteiger partial charge in [-0.25, -0.2) is 9.97 Å². The summed E-state index contributed by atoms with van der Waals surface area (Å²) in [6.07, 6.45) is 1.78. The fourth-order valence-electron chi connectivity index (χ4n) is 3.41. The standard InChI is InChI=1S/C23H20N4O2/c28-15-16-5-7-18(8-6-16)23-24-12-11-22(26-23)29-19-13-27(14-19)21-10-9-17-3-1-2-4-20(17)25-21/h1-12,19,28H,13-15H2. The van der Waals surface area contributed by atoms with Crippen LogP contribution in [0.4, 0.5) is 5.82 Å². The molecular formula is C23H20N4O2.